The highest BCUT2D eigenvalue weighted by atomic mass is 79.9. The number of phenols is 1. The van der Waals surface area contributed by atoms with E-state index in [-0.39, 0.29) is 24.5 Å². The number of ether oxygens (including phenoxy) is 2. The number of carbonyl (C=O) groups is 2. The van der Waals surface area contributed by atoms with Gasteiger partial charge in [-0.3, -0.25) is 4.79 Å². The van der Waals surface area contributed by atoms with Gasteiger partial charge in [-0.05, 0) is 30.7 Å². The molecule has 3 rings (SSSR count). The smallest absolute Gasteiger partial charge is 0.407 e. The van der Waals surface area contributed by atoms with Crippen LogP contribution in [0.1, 0.15) is 18.1 Å². The number of phenolic OH excluding ortho intramolecular Hbond substituents is 1. The lowest BCUT2D eigenvalue weighted by atomic mass is 10.0. The second-order valence-electron chi connectivity index (χ2n) is 6.76. The number of carbonyl (C=O) groups excluding carboxylic acids is 2. The van der Waals surface area contributed by atoms with Crippen LogP contribution in [-0.2, 0) is 16.0 Å². The topological polar surface area (TPSA) is 125 Å². The number of aromatic hydroxyl groups is 1. The molecule has 0 saturated carbocycles. The van der Waals surface area contributed by atoms with Crippen molar-refractivity contribution in [2.75, 3.05) is 13.7 Å². The predicted molar refractivity (Wildman–Crippen MR) is 124 cm³/mol. The summed E-state index contributed by atoms with van der Waals surface area (Å²) in [5, 5.41) is 17.7. The number of nitrogens with one attached hydrogen (secondary N) is 3. The second-order valence-corrected chi connectivity index (χ2v) is 7.68. The number of aromatic nitrogens is 1. The maximum absolute atomic E-state index is 12.8. The third kappa shape index (κ3) is 5.58. The number of rotatable bonds is 8. The summed E-state index contributed by atoms with van der Waals surface area (Å²) in [7, 11) is 1.43. The molecule has 4 N–H and O–H groups in total. The molecule has 1 aromatic heterocycles. The number of methoxy groups -OCH3 is 1. The van der Waals surface area contributed by atoms with Crippen LogP contribution in [0.2, 0.25) is 0 Å². The Bertz CT molecular complexity index is 1140. The summed E-state index contributed by atoms with van der Waals surface area (Å²) in [6, 6.07) is 9.95. The van der Waals surface area contributed by atoms with Crippen LogP contribution in [0, 0.1) is 0 Å². The molecule has 10 heteroatoms. The van der Waals surface area contributed by atoms with Crippen molar-refractivity contribution in [3.63, 3.8) is 0 Å². The van der Waals surface area contributed by atoms with Crippen molar-refractivity contribution >= 4 is 45.0 Å². The number of nitrogens with zero attached hydrogens (tertiary/aromatic N) is 1. The van der Waals surface area contributed by atoms with Gasteiger partial charge < -0.3 is 24.9 Å². The number of hydrogen-bond acceptors (Lipinski definition) is 6. The SMILES string of the molecule is CCOC(=O)N[C@H](Cc1c[nH]c2ccccc12)C(=O)N/N=C\c1cc(Br)cc(OC)c1O. The first-order valence-electron chi connectivity index (χ1n) is 9.80. The van der Waals surface area contributed by atoms with Crippen molar-refractivity contribution in [1.29, 1.82) is 0 Å². The molecule has 2 amide bonds. The molecule has 0 radical (unpaired) electrons. The van der Waals surface area contributed by atoms with Gasteiger partial charge in [0.1, 0.15) is 6.04 Å². The summed E-state index contributed by atoms with van der Waals surface area (Å²) in [4.78, 5) is 27.9. The molecule has 1 heterocycles. The number of hydrazone groups is 1. The zero-order valence-electron chi connectivity index (χ0n) is 17.5. The van der Waals surface area contributed by atoms with E-state index in [1.54, 1.807) is 25.3 Å². The van der Waals surface area contributed by atoms with Crippen molar-refractivity contribution in [2.45, 2.75) is 19.4 Å². The molecule has 32 heavy (non-hydrogen) atoms. The van der Waals surface area contributed by atoms with Gasteiger partial charge in [0, 0.05) is 33.6 Å². The molecule has 2 aromatic carbocycles. The number of halogens is 1. The van der Waals surface area contributed by atoms with E-state index in [2.05, 4.69) is 36.8 Å². The number of benzene rings is 2. The minimum Gasteiger partial charge on any atom is -0.504 e. The fraction of sp³-hybridized carbons (Fsp3) is 0.227. The summed E-state index contributed by atoms with van der Waals surface area (Å²) in [6.07, 6.45) is 2.60. The Balaban J connectivity index is 1.77. The van der Waals surface area contributed by atoms with Crippen LogP contribution in [0.25, 0.3) is 10.9 Å². The lowest BCUT2D eigenvalue weighted by molar-refractivity contribution is -0.123. The lowest BCUT2D eigenvalue weighted by Gasteiger charge is -2.16. The van der Waals surface area contributed by atoms with Crippen molar-refractivity contribution in [2.24, 2.45) is 5.10 Å². The molecule has 9 nitrogen and oxygen atoms in total. The molecule has 0 aliphatic rings. The van der Waals surface area contributed by atoms with E-state index in [0.717, 1.165) is 16.5 Å². The minimum absolute atomic E-state index is 0.117. The van der Waals surface area contributed by atoms with E-state index in [0.29, 0.717) is 10.0 Å². The maximum atomic E-state index is 12.8. The standard InChI is InChI=1S/C22H23BrN4O5/c1-3-32-22(30)26-18(9-13-11-24-17-7-5-4-6-16(13)17)21(29)27-25-12-14-8-15(23)10-19(31-2)20(14)28/h4-8,10-12,18,24,28H,3,9H2,1-2H3,(H,26,30)(H,27,29)/b25-12-/t18-/m1/s1. The van der Waals surface area contributed by atoms with Crippen LogP contribution in [0.3, 0.4) is 0 Å². The Morgan fingerprint density at radius 1 is 1.31 bits per heavy atom. The quantitative estimate of drug-likeness (QED) is 0.277. The first-order chi connectivity index (χ1) is 15.4. The zero-order chi connectivity index (χ0) is 23.1. The highest BCUT2D eigenvalue weighted by Crippen LogP contribution is 2.32. The van der Waals surface area contributed by atoms with Crippen LogP contribution >= 0.6 is 15.9 Å². The fourth-order valence-electron chi connectivity index (χ4n) is 3.14. The van der Waals surface area contributed by atoms with E-state index in [4.69, 9.17) is 9.47 Å². The van der Waals surface area contributed by atoms with E-state index in [9.17, 15) is 14.7 Å². The van der Waals surface area contributed by atoms with Gasteiger partial charge in [-0.2, -0.15) is 5.10 Å². The van der Waals surface area contributed by atoms with Gasteiger partial charge in [0.25, 0.3) is 5.91 Å². The van der Waals surface area contributed by atoms with Gasteiger partial charge >= 0.3 is 6.09 Å². The minimum atomic E-state index is -0.934. The second kappa shape index (κ2) is 10.7. The van der Waals surface area contributed by atoms with Gasteiger partial charge in [0.2, 0.25) is 0 Å². The molecule has 0 saturated heterocycles. The van der Waals surface area contributed by atoms with Crippen molar-refractivity contribution in [1.82, 2.24) is 15.7 Å². The number of hydrogen-bond donors (Lipinski definition) is 4. The van der Waals surface area contributed by atoms with Crippen molar-refractivity contribution < 1.29 is 24.2 Å². The highest BCUT2D eigenvalue weighted by molar-refractivity contribution is 9.10. The van der Waals surface area contributed by atoms with Gasteiger partial charge in [-0.1, -0.05) is 34.1 Å². The molecule has 0 spiro atoms. The molecule has 168 valence electrons. The molecule has 0 unspecified atom stereocenters. The highest BCUT2D eigenvalue weighted by Gasteiger charge is 2.23. The van der Waals surface area contributed by atoms with Crippen LogP contribution in [-0.4, -0.2) is 48.1 Å². The van der Waals surface area contributed by atoms with E-state index >= 15 is 0 Å². The molecule has 1 atom stereocenters. The Kier molecular flexibility index (Phi) is 7.72. The van der Waals surface area contributed by atoms with Gasteiger partial charge in [-0.15, -0.1) is 0 Å². The molecular weight excluding hydrogens is 480 g/mol. The Morgan fingerprint density at radius 3 is 2.84 bits per heavy atom. The third-order valence-electron chi connectivity index (χ3n) is 4.65. The van der Waals surface area contributed by atoms with Crippen LogP contribution in [0.15, 0.2) is 52.2 Å². The number of amides is 2. The predicted octanol–water partition coefficient (Wildman–Crippen LogP) is 3.45. The number of para-hydroxylation sites is 1. The largest absolute Gasteiger partial charge is 0.504 e. The summed E-state index contributed by atoms with van der Waals surface area (Å²) >= 11 is 3.32. The molecular formula is C22H23BrN4O5. The molecule has 0 aliphatic carbocycles. The molecule has 0 fully saturated rings. The zero-order valence-corrected chi connectivity index (χ0v) is 19.1. The Morgan fingerprint density at radius 2 is 2.09 bits per heavy atom. The lowest BCUT2D eigenvalue weighted by Crippen LogP contribution is -2.47. The van der Waals surface area contributed by atoms with E-state index in [1.165, 1.54) is 13.3 Å². The van der Waals surface area contributed by atoms with Gasteiger partial charge in [0.05, 0.1) is 19.9 Å². The average Bonchev–Trinajstić information content (AvgIpc) is 3.18. The normalized spacial score (nSPS) is 12.0. The first-order valence-corrected chi connectivity index (χ1v) is 10.6. The average molecular weight is 503 g/mol. The Hall–Kier alpha value is -3.53. The molecule has 0 bridgehead atoms. The molecule has 0 aliphatic heterocycles. The van der Waals surface area contributed by atoms with Gasteiger partial charge in [-0.25, -0.2) is 10.2 Å². The number of aromatic amines is 1. The number of H-pyrrole nitrogens is 1. The summed E-state index contributed by atoms with van der Waals surface area (Å²) in [5.41, 5.74) is 4.53. The maximum Gasteiger partial charge on any atom is 0.407 e. The monoisotopic (exact) mass is 502 g/mol. The third-order valence-corrected chi connectivity index (χ3v) is 5.11. The van der Waals surface area contributed by atoms with Crippen LogP contribution in [0.5, 0.6) is 11.5 Å². The van der Waals surface area contributed by atoms with Crippen molar-refractivity contribution in [3.05, 3.63) is 58.2 Å². The number of fused-ring (bicyclic) bond motifs is 1. The summed E-state index contributed by atoms with van der Waals surface area (Å²) < 4.78 is 10.7. The molecule has 3 aromatic rings. The van der Waals surface area contributed by atoms with E-state index < -0.39 is 18.0 Å². The Labute approximate surface area is 192 Å². The van der Waals surface area contributed by atoms with E-state index in [1.807, 2.05) is 24.3 Å². The number of alkyl carbamates (subject to hydrolysis) is 1. The first kappa shape index (κ1) is 23.1. The van der Waals surface area contributed by atoms with Gasteiger partial charge in [0.15, 0.2) is 11.5 Å². The van der Waals surface area contributed by atoms with Crippen molar-refractivity contribution in [3.8, 4) is 11.5 Å². The fourth-order valence-corrected chi connectivity index (χ4v) is 3.59. The van der Waals surface area contributed by atoms with Crippen LogP contribution < -0.4 is 15.5 Å². The summed E-state index contributed by atoms with van der Waals surface area (Å²) in [5.74, 6) is -0.400. The summed E-state index contributed by atoms with van der Waals surface area (Å²) in [6.45, 7) is 1.85. The van der Waals surface area contributed by atoms with Crippen LogP contribution in [0.4, 0.5) is 4.79 Å².